The average Bonchev–Trinajstić information content (AvgIpc) is 2.47. The molecule has 0 spiro atoms. The highest BCUT2D eigenvalue weighted by atomic mass is 16.2. The maximum absolute atomic E-state index is 12.1. The van der Waals surface area contributed by atoms with Crippen molar-refractivity contribution in [2.45, 2.75) is 25.7 Å². The third kappa shape index (κ3) is 4.31. The molecule has 1 aliphatic rings. The molecule has 1 N–H and O–H groups in total. The number of rotatable bonds is 5. The molecule has 2 rings (SSSR count). The smallest absolute Gasteiger partial charge is 0.222 e. The first-order chi connectivity index (χ1) is 9.29. The van der Waals surface area contributed by atoms with Gasteiger partial charge in [-0.05, 0) is 50.9 Å². The van der Waals surface area contributed by atoms with Crippen LogP contribution in [0.1, 0.15) is 25.0 Å². The molecule has 104 valence electrons. The molecule has 0 aromatic carbocycles. The molecule has 2 heterocycles. The lowest BCUT2D eigenvalue weighted by Gasteiger charge is -2.32. The van der Waals surface area contributed by atoms with Gasteiger partial charge in [0, 0.05) is 31.4 Å². The summed E-state index contributed by atoms with van der Waals surface area (Å²) in [6.45, 7) is 2.89. The number of nitrogens with one attached hydrogen (secondary N) is 1. The van der Waals surface area contributed by atoms with E-state index in [2.05, 4.69) is 10.3 Å². The minimum Gasteiger partial charge on any atom is -0.343 e. The molecule has 0 radical (unpaired) electrons. The first-order valence-corrected chi connectivity index (χ1v) is 7.12. The Labute approximate surface area is 115 Å². The highest BCUT2D eigenvalue weighted by Gasteiger charge is 2.21. The van der Waals surface area contributed by atoms with Crippen LogP contribution in [0.5, 0.6) is 0 Å². The van der Waals surface area contributed by atoms with E-state index >= 15 is 0 Å². The molecule has 1 amide bonds. The summed E-state index contributed by atoms with van der Waals surface area (Å²) in [7, 11) is 1.99. The summed E-state index contributed by atoms with van der Waals surface area (Å²) in [6, 6.07) is 5.85. The first-order valence-electron chi connectivity index (χ1n) is 7.12. The molecule has 4 nitrogen and oxygen atoms in total. The van der Waals surface area contributed by atoms with Gasteiger partial charge in [0.05, 0.1) is 0 Å². The lowest BCUT2D eigenvalue weighted by Crippen LogP contribution is -2.40. The number of piperidine rings is 1. The summed E-state index contributed by atoms with van der Waals surface area (Å²) in [5, 5.41) is 3.22. The fraction of sp³-hybridized carbons (Fsp3) is 0.600. The van der Waals surface area contributed by atoms with Crippen LogP contribution in [-0.4, -0.2) is 42.5 Å². The lowest BCUT2D eigenvalue weighted by molar-refractivity contribution is -0.132. The van der Waals surface area contributed by atoms with Crippen molar-refractivity contribution in [3.05, 3.63) is 30.1 Å². The van der Waals surface area contributed by atoms with E-state index in [0.29, 0.717) is 6.42 Å². The average molecular weight is 261 g/mol. The predicted molar refractivity (Wildman–Crippen MR) is 75.8 cm³/mol. The second kappa shape index (κ2) is 7.24. The minimum atomic E-state index is 0.272. The van der Waals surface area contributed by atoms with Crippen molar-refractivity contribution < 1.29 is 4.79 Å². The maximum Gasteiger partial charge on any atom is 0.222 e. The summed E-state index contributed by atoms with van der Waals surface area (Å²) in [5.74, 6) is 0.999. The Bertz CT molecular complexity index is 386. The topological polar surface area (TPSA) is 45.2 Å². The van der Waals surface area contributed by atoms with Crippen LogP contribution >= 0.6 is 0 Å². The fourth-order valence-corrected chi connectivity index (χ4v) is 2.61. The monoisotopic (exact) mass is 261 g/mol. The maximum atomic E-state index is 12.1. The minimum absolute atomic E-state index is 0.272. The zero-order valence-electron chi connectivity index (χ0n) is 11.6. The van der Waals surface area contributed by atoms with Crippen LogP contribution in [0.4, 0.5) is 0 Å². The number of carbonyl (C=O) groups is 1. The Hall–Kier alpha value is -1.42. The Balaban J connectivity index is 1.73. The third-order valence-corrected chi connectivity index (χ3v) is 3.78. The third-order valence-electron chi connectivity index (χ3n) is 3.78. The summed E-state index contributed by atoms with van der Waals surface area (Å²) in [4.78, 5) is 18.4. The van der Waals surface area contributed by atoms with Gasteiger partial charge in [-0.15, -0.1) is 0 Å². The molecule has 0 bridgehead atoms. The van der Waals surface area contributed by atoms with E-state index in [9.17, 15) is 4.79 Å². The molecule has 1 aliphatic heterocycles. The molecule has 1 fully saturated rings. The van der Waals surface area contributed by atoms with E-state index in [-0.39, 0.29) is 5.91 Å². The Morgan fingerprint density at radius 2 is 2.21 bits per heavy atom. The number of hydrogen-bond acceptors (Lipinski definition) is 3. The molecule has 1 aromatic rings. The zero-order valence-corrected chi connectivity index (χ0v) is 11.6. The van der Waals surface area contributed by atoms with E-state index in [4.69, 9.17) is 0 Å². The molecule has 0 saturated carbocycles. The predicted octanol–water partition coefficient (Wildman–Crippen LogP) is 1.47. The molecular formula is C15H23N3O. The van der Waals surface area contributed by atoms with Crippen molar-refractivity contribution in [3.63, 3.8) is 0 Å². The van der Waals surface area contributed by atoms with Crippen molar-refractivity contribution in [1.29, 1.82) is 0 Å². The molecule has 19 heavy (non-hydrogen) atoms. The summed E-state index contributed by atoms with van der Waals surface area (Å²) in [5.41, 5.74) is 1.00. The van der Waals surface area contributed by atoms with Crippen LogP contribution in [-0.2, 0) is 11.2 Å². The van der Waals surface area contributed by atoms with Crippen LogP contribution in [0.15, 0.2) is 24.4 Å². The second-order valence-electron chi connectivity index (χ2n) is 5.20. The Morgan fingerprint density at radius 3 is 2.84 bits per heavy atom. The van der Waals surface area contributed by atoms with Gasteiger partial charge in [-0.3, -0.25) is 9.78 Å². The van der Waals surface area contributed by atoms with Crippen LogP contribution in [0.2, 0.25) is 0 Å². The second-order valence-corrected chi connectivity index (χ2v) is 5.20. The molecule has 1 aromatic heterocycles. The van der Waals surface area contributed by atoms with Crippen LogP contribution in [0.25, 0.3) is 0 Å². The normalized spacial score (nSPS) is 16.6. The van der Waals surface area contributed by atoms with Gasteiger partial charge in [0.1, 0.15) is 0 Å². The summed E-state index contributed by atoms with van der Waals surface area (Å²) >= 11 is 0. The largest absolute Gasteiger partial charge is 0.343 e. The number of aromatic nitrogens is 1. The van der Waals surface area contributed by atoms with Crippen molar-refractivity contribution in [2.75, 3.05) is 26.7 Å². The van der Waals surface area contributed by atoms with E-state index in [1.807, 2.05) is 30.1 Å². The number of hydrogen-bond donors (Lipinski definition) is 1. The van der Waals surface area contributed by atoms with Crippen LogP contribution in [0.3, 0.4) is 0 Å². The first kappa shape index (κ1) is 14.0. The molecule has 1 saturated heterocycles. The number of amides is 1. The van der Waals surface area contributed by atoms with Gasteiger partial charge in [0.25, 0.3) is 0 Å². The van der Waals surface area contributed by atoms with E-state index in [1.54, 1.807) is 6.20 Å². The van der Waals surface area contributed by atoms with Gasteiger partial charge in [-0.25, -0.2) is 0 Å². The zero-order chi connectivity index (χ0) is 13.5. The number of carbonyl (C=O) groups excluding carboxylic acids is 1. The van der Waals surface area contributed by atoms with Gasteiger partial charge in [-0.1, -0.05) is 6.07 Å². The molecule has 0 atom stereocenters. The van der Waals surface area contributed by atoms with Gasteiger partial charge >= 0.3 is 0 Å². The van der Waals surface area contributed by atoms with Crippen LogP contribution in [0, 0.1) is 5.92 Å². The van der Waals surface area contributed by atoms with E-state index in [0.717, 1.165) is 50.5 Å². The lowest BCUT2D eigenvalue weighted by atomic mass is 9.96. The van der Waals surface area contributed by atoms with E-state index < -0.39 is 0 Å². The highest BCUT2D eigenvalue weighted by molar-refractivity contribution is 5.76. The quantitative estimate of drug-likeness (QED) is 0.873. The highest BCUT2D eigenvalue weighted by Crippen LogP contribution is 2.17. The number of aryl methyl sites for hydroxylation is 1. The Kier molecular flexibility index (Phi) is 5.33. The molecular weight excluding hydrogens is 238 g/mol. The standard InChI is InChI=1S/C15H23N3O/c1-16-12-13-7-10-18(11-8-13)15(19)6-5-14-4-2-3-9-17-14/h2-4,9,13,16H,5-8,10-12H2,1H3. The SMILES string of the molecule is CNCC1CCN(C(=O)CCc2ccccn2)CC1. The summed E-state index contributed by atoms with van der Waals surface area (Å²) in [6.07, 6.45) is 5.35. The fourth-order valence-electron chi connectivity index (χ4n) is 2.61. The van der Waals surface area contributed by atoms with Crippen LogP contribution < -0.4 is 5.32 Å². The number of likely N-dealkylation sites (tertiary alicyclic amines) is 1. The Morgan fingerprint density at radius 1 is 1.42 bits per heavy atom. The van der Waals surface area contributed by atoms with Gasteiger partial charge in [0.15, 0.2) is 0 Å². The van der Waals surface area contributed by atoms with Gasteiger partial charge in [-0.2, -0.15) is 0 Å². The van der Waals surface area contributed by atoms with Gasteiger partial charge in [0.2, 0.25) is 5.91 Å². The number of pyridine rings is 1. The van der Waals surface area contributed by atoms with Crippen molar-refractivity contribution >= 4 is 5.91 Å². The molecule has 0 aliphatic carbocycles. The van der Waals surface area contributed by atoms with Gasteiger partial charge < -0.3 is 10.2 Å². The molecule has 0 unspecified atom stereocenters. The van der Waals surface area contributed by atoms with E-state index in [1.165, 1.54) is 0 Å². The summed E-state index contributed by atoms with van der Waals surface area (Å²) < 4.78 is 0. The van der Waals surface area contributed by atoms with Crippen molar-refractivity contribution in [2.24, 2.45) is 5.92 Å². The van der Waals surface area contributed by atoms with Crippen molar-refractivity contribution in [3.8, 4) is 0 Å². The molecule has 4 heteroatoms. The number of nitrogens with zero attached hydrogens (tertiary/aromatic N) is 2. The van der Waals surface area contributed by atoms with Crippen molar-refractivity contribution in [1.82, 2.24) is 15.2 Å².